The summed E-state index contributed by atoms with van der Waals surface area (Å²) in [5.74, 6) is 1.50. The van der Waals surface area contributed by atoms with Crippen LogP contribution in [0.2, 0.25) is 0 Å². The maximum Gasteiger partial charge on any atom is 0.162 e. The maximum absolute atomic E-state index is 5.94. The highest BCUT2D eigenvalue weighted by Gasteiger charge is 2.22. The molecule has 1 fully saturated rings. The zero-order valence-electron chi connectivity index (χ0n) is 11.4. The summed E-state index contributed by atoms with van der Waals surface area (Å²) in [6.07, 6.45) is 5.49. The first-order valence-electron chi connectivity index (χ1n) is 7.06. The average Bonchev–Trinajstić information content (AvgIpc) is 2.83. The Bertz CT molecular complexity index is 351. The van der Waals surface area contributed by atoms with Crippen LogP contribution < -0.4 is 5.32 Å². The summed E-state index contributed by atoms with van der Waals surface area (Å²) in [6.45, 7) is 6.61. The summed E-state index contributed by atoms with van der Waals surface area (Å²) in [5.41, 5.74) is 0.951. The monoisotopic (exact) mass is 252 g/mol. The van der Waals surface area contributed by atoms with Gasteiger partial charge in [-0.1, -0.05) is 31.8 Å². The average molecular weight is 252 g/mol. The summed E-state index contributed by atoms with van der Waals surface area (Å²) in [7, 11) is 0. The van der Waals surface area contributed by atoms with Crippen molar-refractivity contribution in [3.63, 3.8) is 0 Å². The van der Waals surface area contributed by atoms with E-state index in [9.17, 15) is 0 Å². The molecule has 0 radical (unpaired) electrons. The van der Waals surface area contributed by atoms with E-state index in [-0.39, 0.29) is 0 Å². The van der Waals surface area contributed by atoms with Crippen LogP contribution in [-0.4, -0.2) is 17.8 Å². The van der Waals surface area contributed by atoms with Gasteiger partial charge in [-0.25, -0.2) is 0 Å². The van der Waals surface area contributed by atoms with Crippen molar-refractivity contribution in [1.82, 2.24) is 10.5 Å². The van der Waals surface area contributed by atoms with Crippen molar-refractivity contribution in [1.29, 1.82) is 0 Å². The Balaban J connectivity index is 1.77. The molecule has 0 spiro atoms. The van der Waals surface area contributed by atoms with Crippen molar-refractivity contribution in [2.45, 2.75) is 58.8 Å². The fraction of sp³-hybridized carbons (Fsp3) is 0.786. The SMILES string of the molecule is CCNCc1cc(COC2CCCCC2C)on1. The van der Waals surface area contributed by atoms with Gasteiger partial charge in [0.25, 0.3) is 0 Å². The Morgan fingerprint density at radius 2 is 2.28 bits per heavy atom. The Morgan fingerprint density at radius 3 is 3.06 bits per heavy atom. The van der Waals surface area contributed by atoms with Crippen molar-refractivity contribution in [3.8, 4) is 0 Å². The number of nitrogens with zero attached hydrogens (tertiary/aromatic N) is 1. The van der Waals surface area contributed by atoms with Crippen LogP contribution in [0, 0.1) is 5.92 Å². The molecule has 0 amide bonds. The van der Waals surface area contributed by atoms with E-state index in [0.29, 0.717) is 18.6 Å². The summed E-state index contributed by atoms with van der Waals surface area (Å²) in [5, 5.41) is 7.25. The number of nitrogens with one attached hydrogen (secondary N) is 1. The van der Waals surface area contributed by atoms with Crippen LogP contribution in [0.15, 0.2) is 10.6 Å². The van der Waals surface area contributed by atoms with Gasteiger partial charge in [0.05, 0.1) is 11.8 Å². The molecule has 102 valence electrons. The van der Waals surface area contributed by atoms with Gasteiger partial charge in [0.2, 0.25) is 0 Å². The third-order valence-electron chi connectivity index (χ3n) is 3.64. The normalized spacial score (nSPS) is 24.3. The Morgan fingerprint density at radius 1 is 1.44 bits per heavy atom. The molecular formula is C14H24N2O2. The molecule has 0 aliphatic heterocycles. The van der Waals surface area contributed by atoms with Crippen molar-refractivity contribution in [2.75, 3.05) is 6.54 Å². The summed E-state index contributed by atoms with van der Waals surface area (Å²) < 4.78 is 11.2. The van der Waals surface area contributed by atoms with Crippen molar-refractivity contribution >= 4 is 0 Å². The van der Waals surface area contributed by atoms with Crippen molar-refractivity contribution < 1.29 is 9.26 Å². The first kappa shape index (κ1) is 13.6. The maximum atomic E-state index is 5.94. The molecule has 1 aromatic heterocycles. The third kappa shape index (κ3) is 3.82. The molecule has 4 nitrogen and oxygen atoms in total. The predicted octanol–water partition coefficient (Wildman–Crippen LogP) is 2.88. The Kier molecular flexibility index (Phi) is 5.20. The van der Waals surface area contributed by atoms with Gasteiger partial charge in [-0.3, -0.25) is 0 Å². The molecule has 0 aromatic carbocycles. The van der Waals surface area contributed by atoms with Gasteiger partial charge in [0, 0.05) is 12.6 Å². The Labute approximate surface area is 109 Å². The second-order valence-electron chi connectivity index (χ2n) is 5.18. The zero-order valence-corrected chi connectivity index (χ0v) is 11.4. The van der Waals surface area contributed by atoms with Crippen LogP contribution in [0.3, 0.4) is 0 Å². The first-order chi connectivity index (χ1) is 8.79. The lowest BCUT2D eigenvalue weighted by atomic mass is 9.88. The molecule has 1 aliphatic rings. The lowest BCUT2D eigenvalue weighted by molar-refractivity contribution is -0.0235. The van der Waals surface area contributed by atoms with Crippen LogP contribution in [0.1, 0.15) is 51.0 Å². The van der Waals surface area contributed by atoms with E-state index in [0.717, 1.165) is 24.5 Å². The minimum Gasteiger partial charge on any atom is -0.370 e. The van der Waals surface area contributed by atoms with E-state index in [4.69, 9.17) is 9.26 Å². The van der Waals surface area contributed by atoms with Gasteiger partial charge in [0.1, 0.15) is 6.61 Å². The number of hydrogen-bond acceptors (Lipinski definition) is 4. The molecule has 1 saturated carbocycles. The van der Waals surface area contributed by atoms with E-state index >= 15 is 0 Å². The molecular weight excluding hydrogens is 228 g/mol. The topological polar surface area (TPSA) is 47.3 Å². The molecule has 1 N–H and O–H groups in total. The fourth-order valence-corrected chi connectivity index (χ4v) is 2.48. The number of ether oxygens (including phenoxy) is 1. The van der Waals surface area contributed by atoms with Gasteiger partial charge in [0.15, 0.2) is 5.76 Å². The van der Waals surface area contributed by atoms with Crippen LogP contribution in [0.5, 0.6) is 0 Å². The highest BCUT2D eigenvalue weighted by atomic mass is 16.5. The minimum atomic E-state index is 0.390. The van der Waals surface area contributed by atoms with E-state index in [1.165, 1.54) is 25.7 Å². The molecule has 1 aliphatic carbocycles. The number of aromatic nitrogens is 1. The lowest BCUT2D eigenvalue weighted by Gasteiger charge is -2.28. The van der Waals surface area contributed by atoms with Crippen LogP contribution in [0.25, 0.3) is 0 Å². The zero-order chi connectivity index (χ0) is 12.8. The van der Waals surface area contributed by atoms with Crippen LogP contribution in [0.4, 0.5) is 0 Å². The quantitative estimate of drug-likeness (QED) is 0.845. The minimum absolute atomic E-state index is 0.390. The van der Waals surface area contributed by atoms with Gasteiger partial charge >= 0.3 is 0 Å². The molecule has 1 aromatic rings. The predicted molar refractivity (Wildman–Crippen MR) is 70.1 cm³/mol. The third-order valence-corrected chi connectivity index (χ3v) is 3.64. The molecule has 0 bridgehead atoms. The number of rotatable bonds is 6. The molecule has 2 rings (SSSR count). The molecule has 0 saturated heterocycles. The first-order valence-corrected chi connectivity index (χ1v) is 7.06. The summed E-state index contributed by atoms with van der Waals surface area (Å²) >= 11 is 0. The van der Waals surface area contributed by atoms with E-state index in [1.807, 2.05) is 6.07 Å². The second-order valence-corrected chi connectivity index (χ2v) is 5.18. The van der Waals surface area contributed by atoms with Crippen molar-refractivity contribution in [2.24, 2.45) is 5.92 Å². The highest BCUT2D eigenvalue weighted by molar-refractivity contribution is 5.04. The lowest BCUT2D eigenvalue weighted by Crippen LogP contribution is -2.25. The molecule has 18 heavy (non-hydrogen) atoms. The van der Waals surface area contributed by atoms with E-state index in [1.54, 1.807) is 0 Å². The molecule has 4 heteroatoms. The summed E-state index contributed by atoms with van der Waals surface area (Å²) in [6, 6.07) is 1.98. The van der Waals surface area contributed by atoms with Crippen molar-refractivity contribution in [3.05, 3.63) is 17.5 Å². The number of hydrogen-bond donors (Lipinski definition) is 1. The summed E-state index contributed by atoms with van der Waals surface area (Å²) in [4.78, 5) is 0. The largest absolute Gasteiger partial charge is 0.370 e. The van der Waals surface area contributed by atoms with Gasteiger partial charge in [-0.2, -0.15) is 0 Å². The molecule has 2 atom stereocenters. The standard InChI is InChI=1S/C14H24N2O2/c1-3-15-9-12-8-13(18-16-12)10-17-14-7-5-4-6-11(14)2/h8,11,14-15H,3-7,9-10H2,1-2H3. The Hall–Kier alpha value is -0.870. The molecule has 2 unspecified atom stereocenters. The second kappa shape index (κ2) is 6.90. The van der Waals surface area contributed by atoms with Crippen LogP contribution >= 0.6 is 0 Å². The smallest absolute Gasteiger partial charge is 0.162 e. The van der Waals surface area contributed by atoms with Gasteiger partial charge in [-0.05, 0) is 25.3 Å². The van der Waals surface area contributed by atoms with E-state index in [2.05, 4.69) is 24.3 Å². The van der Waals surface area contributed by atoms with Gasteiger partial charge in [-0.15, -0.1) is 0 Å². The fourth-order valence-electron chi connectivity index (χ4n) is 2.48. The highest BCUT2D eigenvalue weighted by Crippen LogP contribution is 2.27. The van der Waals surface area contributed by atoms with Gasteiger partial charge < -0.3 is 14.6 Å². The molecule has 1 heterocycles. The van der Waals surface area contributed by atoms with Crippen LogP contribution in [-0.2, 0) is 17.9 Å². The van der Waals surface area contributed by atoms with E-state index < -0.39 is 0 Å².